The van der Waals surface area contributed by atoms with Crippen LogP contribution in [-0.4, -0.2) is 50.0 Å². The third kappa shape index (κ3) is 8.20. The summed E-state index contributed by atoms with van der Waals surface area (Å²) in [6.45, 7) is 4.19. The predicted molar refractivity (Wildman–Crippen MR) is 149 cm³/mol. The van der Waals surface area contributed by atoms with E-state index in [9.17, 15) is 18.0 Å². The zero-order valence-electron chi connectivity index (χ0n) is 22.0. The van der Waals surface area contributed by atoms with E-state index in [4.69, 9.17) is 11.6 Å². The lowest BCUT2D eigenvalue weighted by Gasteiger charge is -2.32. The summed E-state index contributed by atoms with van der Waals surface area (Å²) in [6.07, 6.45) is 6.23. The van der Waals surface area contributed by atoms with Crippen LogP contribution in [0.15, 0.2) is 48.5 Å². The van der Waals surface area contributed by atoms with Gasteiger partial charge in [0.15, 0.2) is 0 Å². The van der Waals surface area contributed by atoms with E-state index in [-0.39, 0.29) is 30.8 Å². The van der Waals surface area contributed by atoms with E-state index in [1.165, 1.54) is 4.31 Å². The van der Waals surface area contributed by atoms with Gasteiger partial charge in [0.25, 0.3) is 0 Å². The molecule has 2 amide bonds. The fourth-order valence-electron chi connectivity index (χ4n) is 4.90. The number of anilines is 1. The van der Waals surface area contributed by atoms with Crippen molar-refractivity contribution in [3.8, 4) is 0 Å². The van der Waals surface area contributed by atoms with Crippen LogP contribution in [0.2, 0.25) is 5.02 Å². The Balaban J connectivity index is 1.75. The number of hydrogen-bond acceptors (Lipinski definition) is 4. The zero-order chi connectivity index (χ0) is 27.0. The second-order valence-electron chi connectivity index (χ2n) is 9.79. The van der Waals surface area contributed by atoms with Gasteiger partial charge < -0.3 is 10.2 Å². The van der Waals surface area contributed by atoms with Crippen LogP contribution < -0.4 is 9.62 Å². The summed E-state index contributed by atoms with van der Waals surface area (Å²) >= 11 is 6.14. The van der Waals surface area contributed by atoms with Gasteiger partial charge in [0.2, 0.25) is 21.8 Å². The second kappa shape index (κ2) is 13.3. The Bertz CT molecular complexity index is 1170. The Morgan fingerprint density at radius 3 is 2.41 bits per heavy atom. The van der Waals surface area contributed by atoms with Crippen LogP contribution in [0.5, 0.6) is 0 Å². The van der Waals surface area contributed by atoms with Crippen LogP contribution in [0.4, 0.5) is 5.69 Å². The molecule has 0 spiro atoms. The van der Waals surface area contributed by atoms with Crippen LogP contribution in [0.1, 0.15) is 63.0 Å². The molecule has 3 rings (SSSR count). The van der Waals surface area contributed by atoms with E-state index < -0.39 is 16.1 Å². The maximum Gasteiger partial charge on any atom is 0.243 e. The highest BCUT2D eigenvalue weighted by Gasteiger charge is 2.30. The number of carbonyl (C=O) groups excluding carboxylic acids is 2. The lowest BCUT2D eigenvalue weighted by atomic mass is 10.1. The van der Waals surface area contributed by atoms with E-state index in [0.29, 0.717) is 30.1 Å². The van der Waals surface area contributed by atoms with Gasteiger partial charge in [0, 0.05) is 30.6 Å². The van der Waals surface area contributed by atoms with Crippen molar-refractivity contribution in [2.24, 2.45) is 0 Å². The molecular formula is C28H38ClN3O4S. The quantitative estimate of drug-likeness (QED) is 0.402. The Hall–Kier alpha value is -2.58. The largest absolute Gasteiger partial charge is 0.352 e. The minimum Gasteiger partial charge on any atom is -0.352 e. The molecule has 7 nitrogen and oxygen atoms in total. The van der Waals surface area contributed by atoms with Crippen LogP contribution in [0, 0.1) is 6.92 Å². The van der Waals surface area contributed by atoms with Crippen molar-refractivity contribution in [3.63, 3.8) is 0 Å². The highest BCUT2D eigenvalue weighted by atomic mass is 35.5. The van der Waals surface area contributed by atoms with Crippen molar-refractivity contribution in [2.75, 3.05) is 17.1 Å². The van der Waals surface area contributed by atoms with Crippen LogP contribution in [0.25, 0.3) is 0 Å². The first-order chi connectivity index (χ1) is 17.6. The lowest BCUT2D eigenvalue weighted by molar-refractivity contribution is -0.141. The van der Waals surface area contributed by atoms with Crippen LogP contribution >= 0.6 is 11.6 Å². The highest BCUT2D eigenvalue weighted by molar-refractivity contribution is 7.92. The monoisotopic (exact) mass is 547 g/mol. The van der Waals surface area contributed by atoms with Gasteiger partial charge in [-0.05, 0) is 55.9 Å². The molecule has 0 saturated heterocycles. The van der Waals surface area contributed by atoms with Crippen molar-refractivity contribution in [2.45, 2.75) is 77.4 Å². The molecule has 0 bridgehead atoms. The molecule has 1 aliphatic carbocycles. The number of benzene rings is 2. The predicted octanol–water partition coefficient (Wildman–Crippen LogP) is 5.06. The molecule has 1 N–H and O–H groups in total. The molecule has 0 aromatic heterocycles. The third-order valence-corrected chi connectivity index (χ3v) is 8.29. The highest BCUT2D eigenvalue weighted by Crippen LogP contribution is 2.27. The smallest absolute Gasteiger partial charge is 0.243 e. The van der Waals surface area contributed by atoms with Gasteiger partial charge in [0.05, 0.1) is 11.9 Å². The summed E-state index contributed by atoms with van der Waals surface area (Å²) in [6, 6.07) is 14.3. The van der Waals surface area contributed by atoms with Crippen molar-refractivity contribution < 1.29 is 18.0 Å². The second-order valence-corrected chi connectivity index (χ2v) is 12.1. The summed E-state index contributed by atoms with van der Waals surface area (Å²) in [5, 5.41) is 3.59. The fourth-order valence-corrected chi connectivity index (χ4v) is 6.08. The number of nitrogens with zero attached hydrogens (tertiary/aromatic N) is 2. The molecule has 1 atom stereocenters. The molecule has 202 valence electrons. The Labute approximate surface area is 226 Å². The summed E-state index contributed by atoms with van der Waals surface area (Å²) in [5.41, 5.74) is 2.22. The van der Waals surface area contributed by atoms with Crippen molar-refractivity contribution in [3.05, 3.63) is 64.7 Å². The maximum absolute atomic E-state index is 13.5. The standard InChI is InChI=1S/C28H38ClN3O4S/c1-4-25(28(34)30-24-13-8-9-14-24)31(20-22-11-6-5-7-12-22)27(33)15-10-18-32(37(3,35)36)26-19-23(29)17-16-21(26)2/h5-7,11-12,16-17,19,24-25H,4,8-10,13-15,18,20H2,1-3H3,(H,30,34)/t25-/m0/s1. The lowest BCUT2D eigenvalue weighted by Crippen LogP contribution is -2.51. The van der Waals surface area contributed by atoms with Crippen LogP contribution in [-0.2, 0) is 26.2 Å². The van der Waals surface area contributed by atoms with Crippen molar-refractivity contribution in [1.29, 1.82) is 0 Å². The fraction of sp³-hybridized carbons (Fsp3) is 0.500. The molecule has 1 aliphatic rings. The summed E-state index contributed by atoms with van der Waals surface area (Å²) in [5.74, 6) is -0.292. The minimum absolute atomic E-state index is 0.117. The van der Waals surface area contributed by atoms with Gasteiger partial charge >= 0.3 is 0 Å². The molecule has 1 saturated carbocycles. The molecule has 0 heterocycles. The summed E-state index contributed by atoms with van der Waals surface area (Å²) in [4.78, 5) is 28.4. The average Bonchev–Trinajstić information content (AvgIpc) is 3.36. The Morgan fingerprint density at radius 2 is 1.78 bits per heavy atom. The molecule has 9 heteroatoms. The van der Waals surface area contributed by atoms with E-state index in [1.54, 1.807) is 23.1 Å². The number of rotatable bonds is 12. The molecule has 0 aliphatic heterocycles. The number of aryl methyl sites for hydroxylation is 1. The van der Waals surface area contributed by atoms with E-state index >= 15 is 0 Å². The van der Waals surface area contributed by atoms with Gasteiger partial charge in [-0.1, -0.05) is 67.8 Å². The van der Waals surface area contributed by atoms with Crippen molar-refractivity contribution >= 4 is 39.1 Å². The molecule has 0 unspecified atom stereocenters. The maximum atomic E-state index is 13.5. The van der Waals surface area contributed by atoms with E-state index in [2.05, 4.69) is 5.32 Å². The first-order valence-electron chi connectivity index (χ1n) is 13.0. The first-order valence-corrected chi connectivity index (χ1v) is 15.2. The first kappa shape index (κ1) is 29.0. The minimum atomic E-state index is -3.59. The Kier molecular flexibility index (Phi) is 10.4. The number of amides is 2. The van der Waals surface area contributed by atoms with Gasteiger partial charge in [-0.25, -0.2) is 8.42 Å². The SMILES string of the molecule is CC[C@@H](C(=O)NC1CCCC1)N(Cc1ccccc1)C(=O)CCCN(c1cc(Cl)ccc1C)S(C)(=O)=O. The summed E-state index contributed by atoms with van der Waals surface area (Å²) in [7, 11) is -3.59. The molecule has 2 aromatic rings. The van der Waals surface area contributed by atoms with Gasteiger partial charge in [-0.15, -0.1) is 0 Å². The number of halogens is 1. The number of sulfonamides is 1. The molecule has 1 fully saturated rings. The molecule has 37 heavy (non-hydrogen) atoms. The molecule has 0 radical (unpaired) electrons. The average molecular weight is 548 g/mol. The Morgan fingerprint density at radius 1 is 1.11 bits per heavy atom. The summed E-state index contributed by atoms with van der Waals surface area (Å²) < 4.78 is 26.5. The van der Waals surface area contributed by atoms with Crippen LogP contribution in [0.3, 0.4) is 0 Å². The van der Waals surface area contributed by atoms with Crippen molar-refractivity contribution in [1.82, 2.24) is 10.2 Å². The molecular weight excluding hydrogens is 510 g/mol. The number of carbonyl (C=O) groups is 2. The van der Waals surface area contributed by atoms with E-state index in [0.717, 1.165) is 43.1 Å². The van der Waals surface area contributed by atoms with Gasteiger partial charge in [-0.2, -0.15) is 0 Å². The van der Waals surface area contributed by atoms with E-state index in [1.807, 2.05) is 44.2 Å². The zero-order valence-corrected chi connectivity index (χ0v) is 23.5. The van der Waals surface area contributed by atoms with Gasteiger partial charge in [0.1, 0.15) is 6.04 Å². The third-order valence-electron chi connectivity index (χ3n) is 6.88. The number of hydrogen-bond donors (Lipinski definition) is 1. The molecule has 2 aromatic carbocycles. The topological polar surface area (TPSA) is 86.8 Å². The van der Waals surface area contributed by atoms with Gasteiger partial charge in [-0.3, -0.25) is 13.9 Å². The normalized spacial score (nSPS) is 14.8. The number of nitrogens with one attached hydrogen (secondary N) is 1.